The van der Waals surface area contributed by atoms with Crippen molar-refractivity contribution < 1.29 is 28.5 Å². The van der Waals surface area contributed by atoms with Crippen LogP contribution in [0.25, 0.3) is 0 Å². The Balaban J connectivity index is 1.71. The first-order valence-electron chi connectivity index (χ1n) is 8.41. The zero-order chi connectivity index (χ0) is 19.9. The smallest absolute Gasteiger partial charge is 0.343 e. The van der Waals surface area contributed by atoms with Gasteiger partial charge in [-0.3, -0.25) is 0 Å². The second-order valence-electron chi connectivity index (χ2n) is 5.72. The van der Waals surface area contributed by atoms with Crippen molar-refractivity contribution in [3.05, 3.63) is 83.9 Å². The van der Waals surface area contributed by atoms with E-state index < -0.39 is 11.9 Å². The summed E-state index contributed by atoms with van der Waals surface area (Å²) >= 11 is 0. The highest BCUT2D eigenvalue weighted by molar-refractivity contribution is 5.92. The van der Waals surface area contributed by atoms with Crippen molar-refractivity contribution in [1.29, 1.82) is 0 Å². The number of benzene rings is 3. The molecule has 0 saturated carbocycles. The number of esters is 2. The second-order valence-corrected chi connectivity index (χ2v) is 5.72. The lowest BCUT2D eigenvalue weighted by molar-refractivity contribution is 0.0732. The predicted octanol–water partition coefficient (Wildman–Crippen LogP) is 4.14. The monoisotopic (exact) mass is 378 g/mol. The van der Waals surface area contributed by atoms with Crippen molar-refractivity contribution >= 4 is 11.9 Å². The average Bonchev–Trinajstić information content (AvgIpc) is 2.74. The molecule has 0 aromatic heterocycles. The van der Waals surface area contributed by atoms with E-state index in [0.717, 1.165) is 0 Å². The molecule has 0 N–H and O–H groups in total. The summed E-state index contributed by atoms with van der Waals surface area (Å²) in [5, 5.41) is 0. The van der Waals surface area contributed by atoms with Crippen molar-refractivity contribution in [2.24, 2.45) is 0 Å². The molecule has 0 fully saturated rings. The fourth-order valence-electron chi connectivity index (χ4n) is 2.43. The van der Waals surface area contributed by atoms with Crippen LogP contribution in [0.4, 0.5) is 0 Å². The zero-order valence-electron chi connectivity index (χ0n) is 15.4. The van der Waals surface area contributed by atoms with Crippen LogP contribution in [0.5, 0.6) is 23.0 Å². The third kappa shape index (κ3) is 4.67. The summed E-state index contributed by atoms with van der Waals surface area (Å²) in [6, 6.07) is 19.5. The first-order chi connectivity index (χ1) is 13.6. The maximum atomic E-state index is 12.3. The zero-order valence-corrected chi connectivity index (χ0v) is 15.4. The molecule has 3 rings (SSSR count). The minimum Gasteiger partial charge on any atom is -0.497 e. The Kier molecular flexibility index (Phi) is 5.91. The molecule has 6 heteroatoms. The standard InChI is InChI=1S/C22H18O6/c1-25-17-8-3-6-15(12-17)21(23)27-19-10-5-11-20(14-19)28-22(24)16-7-4-9-18(13-16)26-2/h3-14H,1-2H3. The number of carbonyl (C=O) groups is 2. The Labute approximate surface area is 162 Å². The summed E-state index contributed by atoms with van der Waals surface area (Å²) in [5.74, 6) is 0.517. The molecular formula is C22H18O6. The Morgan fingerprint density at radius 1 is 0.571 bits per heavy atom. The van der Waals surface area contributed by atoms with Gasteiger partial charge in [-0.1, -0.05) is 18.2 Å². The maximum absolute atomic E-state index is 12.3. The molecule has 0 bridgehead atoms. The van der Waals surface area contributed by atoms with Gasteiger partial charge in [0.15, 0.2) is 0 Å². The summed E-state index contributed by atoms with van der Waals surface area (Å²) in [6.45, 7) is 0. The summed E-state index contributed by atoms with van der Waals surface area (Å²) in [6.07, 6.45) is 0. The predicted molar refractivity (Wildman–Crippen MR) is 102 cm³/mol. The van der Waals surface area contributed by atoms with E-state index in [9.17, 15) is 9.59 Å². The van der Waals surface area contributed by atoms with E-state index in [1.54, 1.807) is 66.7 Å². The van der Waals surface area contributed by atoms with Gasteiger partial charge < -0.3 is 18.9 Å². The third-order valence-corrected chi connectivity index (χ3v) is 3.84. The van der Waals surface area contributed by atoms with E-state index >= 15 is 0 Å². The van der Waals surface area contributed by atoms with Gasteiger partial charge in [0.25, 0.3) is 0 Å². The molecule has 3 aromatic carbocycles. The van der Waals surface area contributed by atoms with Gasteiger partial charge in [-0.2, -0.15) is 0 Å². The van der Waals surface area contributed by atoms with Crippen LogP contribution in [-0.2, 0) is 0 Å². The van der Waals surface area contributed by atoms with Gasteiger partial charge in [-0.25, -0.2) is 9.59 Å². The lowest BCUT2D eigenvalue weighted by Gasteiger charge is -2.09. The maximum Gasteiger partial charge on any atom is 0.343 e. The first-order valence-corrected chi connectivity index (χ1v) is 8.41. The molecule has 0 heterocycles. The van der Waals surface area contributed by atoms with Crippen LogP contribution in [0.3, 0.4) is 0 Å². The van der Waals surface area contributed by atoms with Gasteiger partial charge in [0.05, 0.1) is 25.3 Å². The molecule has 0 atom stereocenters. The number of carbonyl (C=O) groups excluding carboxylic acids is 2. The fraction of sp³-hybridized carbons (Fsp3) is 0.0909. The SMILES string of the molecule is COc1cccc(C(=O)Oc2cccc(OC(=O)c3cccc(OC)c3)c2)c1. The lowest BCUT2D eigenvalue weighted by atomic mass is 10.2. The largest absolute Gasteiger partial charge is 0.497 e. The van der Waals surface area contributed by atoms with E-state index in [1.807, 2.05) is 0 Å². The van der Waals surface area contributed by atoms with Crippen molar-refractivity contribution in [2.45, 2.75) is 0 Å². The average molecular weight is 378 g/mol. The molecule has 142 valence electrons. The van der Waals surface area contributed by atoms with E-state index in [-0.39, 0.29) is 11.5 Å². The molecule has 0 aliphatic heterocycles. The van der Waals surface area contributed by atoms with Gasteiger partial charge in [0, 0.05) is 6.07 Å². The molecule has 0 unspecified atom stereocenters. The quantitative estimate of drug-likeness (QED) is 0.474. The van der Waals surface area contributed by atoms with Gasteiger partial charge in [-0.15, -0.1) is 0 Å². The Morgan fingerprint density at radius 2 is 0.964 bits per heavy atom. The van der Waals surface area contributed by atoms with Crippen LogP contribution >= 0.6 is 0 Å². The van der Waals surface area contributed by atoms with Gasteiger partial charge in [0.2, 0.25) is 0 Å². The number of methoxy groups -OCH3 is 2. The Bertz CT molecular complexity index is 919. The molecule has 0 spiro atoms. The van der Waals surface area contributed by atoms with Gasteiger partial charge in [-0.05, 0) is 48.5 Å². The van der Waals surface area contributed by atoms with E-state index in [4.69, 9.17) is 18.9 Å². The summed E-state index contributed by atoms with van der Waals surface area (Å²) < 4.78 is 20.9. The summed E-state index contributed by atoms with van der Waals surface area (Å²) in [7, 11) is 3.04. The van der Waals surface area contributed by atoms with Crippen LogP contribution in [0.1, 0.15) is 20.7 Å². The molecule has 0 amide bonds. The number of hydrogen-bond acceptors (Lipinski definition) is 6. The van der Waals surface area contributed by atoms with Crippen molar-refractivity contribution in [2.75, 3.05) is 14.2 Å². The lowest BCUT2D eigenvalue weighted by Crippen LogP contribution is -2.10. The highest BCUT2D eigenvalue weighted by atomic mass is 16.5. The first kappa shape index (κ1) is 19.0. The van der Waals surface area contributed by atoms with Crippen LogP contribution < -0.4 is 18.9 Å². The highest BCUT2D eigenvalue weighted by Crippen LogP contribution is 2.23. The summed E-state index contributed by atoms with van der Waals surface area (Å²) in [4.78, 5) is 24.6. The molecular weight excluding hydrogens is 360 g/mol. The Morgan fingerprint density at radius 3 is 1.39 bits per heavy atom. The van der Waals surface area contributed by atoms with Crippen molar-refractivity contribution in [3.63, 3.8) is 0 Å². The van der Waals surface area contributed by atoms with E-state index in [0.29, 0.717) is 22.6 Å². The minimum absolute atomic E-state index is 0.253. The molecule has 28 heavy (non-hydrogen) atoms. The van der Waals surface area contributed by atoms with Crippen LogP contribution in [0.2, 0.25) is 0 Å². The number of rotatable bonds is 6. The van der Waals surface area contributed by atoms with E-state index in [1.165, 1.54) is 20.3 Å². The highest BCUT2D eigenvalue weighted by Gasteiger charge is 2.13. The molecule has 6 nitrogen and oxygen atoms in total. The molecule has 0 aliphatic rings. The van der Waals surface area contributed by atoms with Crippen LogP contribution in [-0.4, -0.2) is 26.2 Å². The fourth-order valence-corrected chi connectivity index (χ4v) is 2.43. The summed E-state index contributed by atoms with van der Waals surface area (Å²) in [5.41, 5.74) is 0.691. The second kappa shape index (κ2) is 8.73. The topological polar surface area (TPSA) is 71.1 Å². The van der Waals surface area contributed by atoms with Crippen molar-refractivity contribution in [1.82, 2.24) is 0 Å². The molecule has 0 saturated heterocycles. The van der Waals surface area contributed by atoms with Crippen molar-refractivity contribution in [3.8, 4) is 23.0 Å². The molecule has 3 aromatic rings. The Hall–Kier alpha value is -3.80. The normalized spacial score (nSPS) is 10.1. The number of ether oxygens (including phenoxy) is 4. The third-order valence-electron chi connectivity index (χ3n) is 3.84. The van der Waals surface area contributed by atoms with Crippen LogP contribution in [0.15, 0.2) is 72.8 Å². The van der Waals surface area contributed by atoms with Gasteiger partial charge in [0.1, 0.15) is 23.0 Å². The molecule has 0 aliphatic carbocycles. The van der Waals surface area contributed by atoms with E-state index in [2.05, 4.69) is 0 Å². The van der Waals surface area contributed by atoms with Gasteiger partial charge >= 0.3 is 11.9 Å². The van der Waals surface area contributed by atoms with Crippen LogP contribution in [0, 0.1) is 0 Å². The minimum atomic E-state index is -0.546. The number of hydrogen-bond donors (Lipinski definition) is 0. The molecule has 0 radical (unpaired) electrons.